The topological polar surface area (TPSA) is 160 Å². The molecule has 3 aromatic rings. The summed E-state index contributed by atoms with van der Waals surface area (Å²) in [6.07, 6.45) is 1.45. The lowest BCUT2D eigenvalue weighted by Gasteiger charge is -2.15. The number of nitro benzene ring substituents is 1. The van der Waals surface area contributed by atoms with Gasteiger partial charge in [-0.3, -0.25) is 19.8 Å². The number of rotatable bonds is 10. The van der Waals surface area contributed by atoms with E-state index in [0.717, 1.165) is 4.90 Å². The standard InChI is InChI=1S/C26H23N3O10/c1-35-21-11-16(12-22(36-2)23(21)38-14-15-4-6-17(7-5-15)29(33)34)10-19-24(30)28(26(32)27-19)13-18-8-9-20(39-18)25(31)37-3/h4-12H,13-14H2,1-3H3,(H,27,32)/b19-10-. The Balaban J connectivity index is 1.52. The fourth-order valence-corrected chi connectivity index (χ4v) is 3.71. The maximum atomic E-state index is 12.9. The smallest absolute Gasteiger partial charge is 0.373 e. The average molecular weight is 537 g/mol. The zero-order valence-electron chi connectivity index (χ0n) is 21.1. The fraction of sp³-hybridized carbons (Fsp3) is 0.192. The number of benzene rings is 2. The minimum absolute atomic E-state index is 0.00315. The van der Waals surface area contributed by atoms with E-state index in [4.69, 9.17) is 18.6 Å². The molecule has 1 aliphatic rings. The van der Waals surface area contributed by atoms with Crippen molar-refractivity contribution in [1.29, 1.82) is 0 Å². The van der Waals surface area contributed by atoms with E-state index < -0.39 is 22.8 Å². The molecule has 13 nitrogen and oxygen atoms in total. The number of non-ortho nitro benzene ring substituents is 1. The van der Waals surface area contributed by atoms with Crippen molar-refractivity contribution in [3.63, 3.8) is 0 Å². The quantitative estimate of drug-likeness (QED) is 0.133. The van der Waals surface area contributed by atoms with Gasteiger partial charge in [0.2, 0.25) is 11.5 Å². The number of esters is 1. The van der Waals surface area contributed by atoms with Gasteiger partial charge in [0.25, 0.3) is 11.6 Å². The Kier molecular flexibility index (Phi) is 7.80. The normalized spacial score (nSPS) is 13.8. The molecule has 1 aromatic heterocycles. The van der Waals surface area contributed by atoms with E-state index in [2.05, 4.69) is 10.1 Å². The number of furan rings is 1. The molecule has 0 spiro atoms. The van der Waals surface area contributed by atoms with Crippen molar-refractivity contribution in [3.05, 3.63) is 87.0 Å². The summed E-state index contributed by atoms with van der Waals surface area (Å²) in [4.78, 5) is 48.3. The third-order valence-electron chi connectivity index (χ3n) is 5.65. The first-order valence-electron chi connectivity index (χ1n) is 11.4. The molecule has 0 saturated carbocycles. The Morgan fingerprint density at radius 3 is 2.31 bits per heavy atom. The number of ether oxygens (including phenoxy) is 4. The van der Waals surface area contributed by atoms with E-state index in [-0.39, 0.29) is 41.8 Å². The van der Waals surface area contributed by atoms with Crippen molar-refractivity contribution < 1.29 is 42.7 Å². The van der Waals surface area contributed by atoms with Crippen LogP contribution in [0.4, 0.5) is 10.5 Å². The Labute approximate surface area is 221 Å². The van der Waals surface area contributed by atoms with E-state index in [9.17, 15) is 24.5 Å². The highest BCUT2D eigenvalue weighted by atomic mass is 16.6. The lowest BCUT2D eigenvalue weighted by molar-refractivity contribution is -0.384. The number of hydrogen-bond acceptors (Lipinski definition) is 10. The highest BCUT2D eigenvalue weighted by molar-refractivity contribution is 6.13. The van der Waals surface area contributed by atoms with Gasteiger partial charge in [-0.25, -0.2) is 9.59 Å². The van der Waals surface area contributed by atoms with Crippen molar-refractivity contribution in [1.82, 2.24) is 10.2 Å². The zero-order valence-corrected chi connectivity index (χ0v) is 21.1. The van der Waals surface area contributed by atoms with Crippen LogP contribution in [0.15, 0.2) is 58.6 Å². The monoisotopic (exact) mass is 537 g/mol. The van der Waals surface area contributed by atoms with Crippen molar-refractivity contribution in [2.45, 2.75) is 13.2 Å². The van der Waals surface area contributed by atoms with Gasteiger partial charge in [-0.1, -0.05) is 0 Å². The molecule has 1 fully saturated rings. The highest BCUT2D eigenvalue weighted by Crippen LogP contribution is 2.40. The maximum Gasteiger partial charge on any atom is 0.373 e. The Hall–Kier alpha value is -5.33. The second-order valence-corrected chi connectivity index (χ2v) is 8.10. The van der Waals surface area contributed by atoms with Crippen LogP contribution >= 0.6 is 0 Å². The minimum atomic E-state index is -0.679. The molecule has 13 heteroatoms. The predicted octanol–water partition coefficient (Wildman–Crippen LogP) is 3.66. The third-order valence-corrected chi connectivity index (χ3v) is 5.65. The van der Waals surface area contributed by atoms with Crippen molar-refractivity contribution in [3.8, 4) is 17.2 Å². The van der Waals surface area contributed by atoms with Gasteiger partial charge in [0.05, 0.1) is 32.8 Å². The van der Waals surface area contributed by atoms with Gasteiger partial charge in [-0.2, -0.15) is 0 Å². The van der Waals surface area contributed by atoms with Crippen molar-refractivity contribution in [2.75, 3.05) is 21.3 Å². The lowest BCUT2D eigenvalue weighted by Crippen LogP contribution is -2.30. The van der Waals surface area contributed by atoms with Crippen LogP contribution in [0, 0.1) is 10.1 Å². The summed E-state index contributed by atoms with van der Waals surface area (Å²) in [6.45, 7) is -0.111. The predicted molar refractivity (Wildman–Crippen MR) is 134 cm³/mol. The molecule has 202 valence electrons. The van der Waals surface area contributed by atoms with Gasteiger partial charge >= 0.3 is 12.0 Å². The number of nitrogens with zero attached hydrogens (tertiary/aromatic N) is 2. The molecule has 4 rings (SSSR count). The first-order chi connectivity index (χ1) is 18.7. The van der Waals surface area contributed by atoms with Crippen LogP contribution in [0.1, 0.15) is 27.4 Å². The van der Waals surface area contributed by atoms with Crippen LogP contribution in [0.5, 0.6) is 17.2 Å². The molecule has 0 aliphatic carbocycles. The summed E-state index contributed by atoms with van der Waals surface area (Å²) >= 11 is 0. The lowest BCUT2D eigenvalue weighted by atomic mass is 10.1. The summed E-state index contributed by atoms with van der Waals surface area (Å²) in [5.41, 5.74) is 1.13. The first-order valence-corrected chi connectivity index (χ1v) is 11.4. The SMILES string of the molecule is COC(=O)c1ccc(CN2C(=O)N/C(=C\c3cc(OC)c(OCc4ccc([N+](=O)[O-])cc4)c(OC)c3)C2=O)o1. The summed E-state index contributed by atoms with van der Waals surface area (Å²) < 4.78 is 26.7. The third kappa shape index (κ3) is 5.82. The zero-order chi connectivity index (χ0) is 28.1. The molecule has 39 heavy (non-hydrogen) atoms. The molecule has 3 amide bonds. The number of hydrogen-bond donors (Lipinski definition) is 1. The van der Waals surface area contributed by atoms with E-state index in [1.807, 2.05) is 0 Å². The molecule has 2 aromatic carbocycles. The number of urea groups is 1. The van der Waals surface area contributed by atoms with E-state index in [1.54, 1.807) is 24.3 Å². The summed E-state index contributed by atoms with van der Waals surface area (Å²) in [5, 5.41) is 13.4. The second kappa shape index (κ2) is 11.4. The summed E-state index contributed by atoms with van der Waals surface area (Å²) in [5.74, 6) is -0.244. The number of amides is 3. The van der Waals surface area contributed by atoms with Crippen LogP contribution < -0.4 is 19.5 Å². The number of imide groups is 1. The molecule has 0 atom stereocenters. The van der Waals surface area contributed by atoms with Crippen LogP contribution in [0.2, 0.25) is 0 Å². The number of nitro groups is 1. The van der Waals surface area contributed by atoms with Gasteiger partial charge < -0.3 is 28.7 Å². The molecule has 1 aliphatic heterocycles. The first kappa shape index (κ1) is 26.7. The summed E-state index contributed by atoms with van der Waals surface area (Å²) in [6, 6.07) is 11.3. The van der Waals surface area contributed by atoms with E-state index >= 15 is 0 Å². The Morgan fingerprint density at radius 1 is 1.05 bits per heavy atom. The van der Waals surface area contributed by atoms with E-state index in [1.165, 1.54) is 51.7 Å². The number of nitrogens with one attached hydrogen (secondary N) is 1. The van der Waals surface area contributed by atoms with Gasteiger partial charge in [0.1, 0.15) is 18.1 Å². The van der Waals surface area contributed by atoms with Crippen molar-refractivity contribution >= 4 is 29.7 Å². The van der Waals surface area contributed by atoms with Gasteiger partial charge in [-0.05, 0) is 53.6 Å². The molecule has 1 saturated heterocycles. The Bertz CT molecular complexity index is 1430. The number of methoxy groups -OCH3 is 3. The Morgan fingerprint density at radius 2 is 1.72 bits per heavy atom. The molecule has 0 unspecified atom stereocenters. The number of carbonyl (C=O) groups excluding carboxylic acids is 3. The molecule has 2 heterocycles. The van der Waals surface area contributed by atoms with Crippen LogP contribution in [-0.4, -0.2) is 49.1 Å². The molecular weight excluding hydrogens is 514 g/mol. The second-order valence-electron chi connectivity index (χ2n) is 8.10. The molecule has 0 bridgehead atoms. The minimum Gasteiger partial charge on any atom is -0.493 e. The van der Waals surface area contributed by atoms with Crippen LogP contribution in [-0.2, 0) is 22.7 Å². The van der Waals surface area contributed by atoms with E-state index in [0.29, 0.717) is 22.6 Å². The average Bonchev–Trinajstić information content (AvgIpc) is 3.51. The molecule has 1 N–H and O–H groups in total. The molecule has 0 radical (unpaired) electrons. The molecular formula is C26H23N3O10. The van der Waals surface area contributed by atoms with Crippen molar-refractivity contribution in [2.24, 2.45) is 0 Å². The van der Waals surface area contributed by atoms with Gasteiger partial charge in [0.15, 0.2) is 11.5 Å². The fourth-order valence-electron chi connectivity index (χ4n) is 3.71. The largest absolute Gasteiger partial charge is 0.493 e. The van der Waals surface area contributed by atoms with Crippen LogP contribution in [0.25, 0.3) is 6.08 Å². The van der Waals surface area contributed by atoms with Crippen LogP contribution in [0.3, 0.4) is 0 Å². The van der Waals surface area contributed by atoms with Gasteiger partial charge in [0, 0.05) is 12.1 Å². The number of carbonyl (C=O) groups is 3. The highest BCUT2D eigenvalue weighted by Gasteiger charge is 2.34. The maximum absolute atomic E-state index is 12.9. The van der Waals surface area contributed by atoms with Gasteiger partial charge in [-0.15, -0.1) is 0 Å². The summed E-state index contributed by atoms with van der Waals surface area (Å²) in [7, 11) is 4.07.